The second-order valence-corrected chi connectivity index (χ2v) is 7.47. The molecule has 6 nitrogen and oxygen atoms in total. The maximum Gasteiger partial charge on any atom is 0.435 e. The van der Waals surface area contributed by atoms with E-state index in [0.717, 1.165) is 23.6 Å². The van der Waals surface area contributed by atoms with E-state index in [-0.39, 0.29) is 29.8 Å². The Balaban J connectivity index is 1.42. The minimum absolute atomic E-state index is 0.000987. The summed E-state index contributed by atoms with van der Waals surface area (Å²) in [5, 5.41) is 10.6. The molecule has 1 aliphatic carbocycles. The maximum atomic E-state index is 13.1. The van der Waals surface area contributed by atoms with Gasteiger partial charge in [0.25, 0.3) is 0 Å². The van der Waals surface area contributed by atoms with Crippen molar-refractivity contribution in [1.82, 2.24) is 19.6 Å². The first kappa shape index (κ1) is 20.4. The van der Waals surface area contributed by atoms with Gasteiger partial charge in [0.1, 0.15) is 12.4 Å². The van der Waals surface area contributed by atoms with E-state index < -0.39 is 23.6 Å². The standard InChI is InChI=1S/C19H16ClF4N5O/c20-14-7-13(21)4-3-12(14)9-28-6-5-17(27-28)25-18(30)10-29-15(11-1-2-11)8-16(26-29)19(22,23)24/h3-8,11H,1-2,9-10H2,(H,25,27,30). The molecule has 0 spiro atoms. The van der Waals surface area contributed by atoms with Gasteiger partial charge in [-0.15, -0.1) is 0 Å². The molecule has 11 heteroatoms. The third-order valence-electron chi connectivity index (χ3n) is 4.65. The van der Waals surface area contributed by atoms with Gasteiger partial charge < -0.3 is 5.32 Å². The molecule has 30 heavy (non-hydrogen) atoms. The second-order valence-electron chi connectivity index (χ2n) is 7.07. The summed E-state index contributed by atoms with van der Waals surface area (Å²) in [6.07, 6.45) is -1.41. The normalized spacial score (nSPS) is 14.2. The van der Waals surface area contributed by atoms with Crippen molar-refractivity contribution in [2.24, 2.45) is 0 Å². The van der Waals surface area contributed by atoms with Gasteiger partial charge in [-0.2, -0.15) is 23.4 Å². The van der Waals surface area contributed by atoms with Gasteiger partial charge in [0.05, 0.1) is 6.54 Å². The molecule has 0 bridgehead atoms. The summed E-state index contributed by atoms with van der Waals surface area (Å²) in [6.45, 7) is -0.0898. The van der Waals surface area contributed by atoms with Crippen LogP contribution in [0.4, 0.5) is 23.4 Å². The molecule has 2 heterocycles. The number of carbonyl (C=O) groups excluding carboxylic acids is 1. The van der Waals surface area contributed by atoms with Crippen LogP contribution in [0.1, 0.15) is 35.7 Å². The number of alkyl halides is 3. The highest BCUT2D eigenvalue weighted by atomic mass is 35.5. The van der Waals surface area contributed by atoms with E-state index in [1.807, 2.05) is 0 Å². The smallest absolute Gasteiger partial charge is 0.308 e. The summed E-state index contributed by atoms with van der Waals surface area (Å²) >= 11 is 6.00. The van der Waals surface area contributed by atoms with Crippen molar-refractivity contribution in [2.45, 2.75) is 38.0 Å². The Morgan fingerprint density at radius 1 is 1.20 bits per heavy atom. The summed E-state index contributed by atoms with van der Waals surface area (Å²) in [7, 11) is 0. The molecule has 1 N–H and O–H groups in total. The molecule has 3 aromatic rings. The SMILES string of the molecule is O=C(Cn1nc(C(F)(F)F)cc1C1CC1)Nc1ccn(Cc2ccc(F)cc2Cl)n1. The van der Waals surface area contributed by atoms with Crippen LogP contribution in [0.25, 0.3) is 0 Å². The number of amides is 1. The van der Waals surface area contributed by atoms with Crippen LogP contribution in [-0.2, 0) is 24.1 Å². The molecule has 0 atom stereocenters. The maximum absolute atomic E-state index is 13.1. The van der Waals surface area contributed by atoms with Crippen molar-refractivity contribution >= 4 is 23.3 Å². The first-order chi connectivity index (χ1) is 14.2. The number of rotatable bonds is 6. The lowest BCUT2D eigenvalue weighted by Gasteiger charge is -2.07. The highest BCUT2D eigenvalue weighted by Crippen LogP contribution is 2.42. The number of hydrogen-bond acceptors (Lipinski definition) is 3. The van der Waals surface area contributed by atoms with E-state index >= 15 is 0 Å². The van der Waals surface area contributed by atoms with Gasteiger partial charge in [0.15, 0.2) is 11.5 Å². The Kier molecular flexibility index (Phi) is 5.27. The molecule has 0 unspecified atom stereocenters. The van der Waals surface area contributed by atoms with E-state index in [1.54, 1.807) is 12.3 Å². The number of nitrogens with zero attached hydrogens (tertiary/aromatic N) is 4. The molecular weight excluding hydrogens is 426 g/mol. The van der Waals surface area contributed by atoms with Crippen LogP contribution in [0.3, 0.4) is 0 Å². The molecule has 1 saturated carbocycles. The number of nitrogens with one attached hydrogen (secondary N) is 1. The Bertz CT molecular complexity index is 1090. The van der Waals surface area contributed by atoms with Gasteiger partial charge in [0, 0.05) is 28.9 Å². The fraction of sp³-hybridized carbons (Fsp3) is 0.316. The van der Waals surface area contributed by atoms with E-state index in [2.05, 4.69) is 15.5 Å². The Labute approximate surface area is 173 Å². The Hall–Kier alpha value is -2.88. The van der Waals surface area contributed by atoms with Crippen LogP contribution in [-0.4, -0.2) is 25.5 Å². The van der Waals surface area contributed by atoms with E-state index in [1.165, 1.54) is 22.9 Å². The lowest BCUT2D eigenvalue weighted by molar-refractivity contribution is -0.141. The quantitative estimate of drug-likeness (QED) is 0.575. The monoisotopic (exact) mass is 441 g/mol. The van der Waals surface area contributed by atoms with Crippen LogP contribution < -0.4 is 5.32 Å². The summed E-state index contributed by atoms with van der Waals surface area (Å²) < 4.78 is 54.6. The van der Waals surface area contributed by atoms with Gasteiger partial charge in [-0.1, -0.05) is 17.7 Å². The second kappa shape index (κ2) is 7.75. The summed E-state index contributed by atoms with van der Waals surface area (Å²) in [4.78, 5) is 12.3. The highest BCUT2D eigenvalue weighted by molar-refractivity contribution is 6.31. The third kappa shape index (κ3) is 4.64. The van der Waals surface area contributed by atoms with Crippen LogP contribution in [0.5, 0.6) is 0 Å². The van der Waals surface area contributed by atoms with Crippen molar-refractivity contribution in [3.8, 4) is 0 Å². The number of halogens is 5. The van der Waals surface area contributed by atoms with Crippen LogP contribution in [0.2, 0.25) is 5.02 Å². The van der Waals surface area contributed by atoms with E-state index in [0.29, 0.717) is 11.3 Å². The number of hydrogen-bond donors (Lipinski definition) is 1. The van der Waals surface area contributed by atoms with Crippen LogP contribution in [0, 0.1) is 5.82 Å². The summed E-state index contributed by atoms with van der Waals surface area (Å²) in [5.74, 6) is -0.760. The van der Waals surface area contributed by atoms with Crippen LogP contribution >= 0.6 is 11.6 Å². The molecule has 1 aromatic carbocycles. The molecule has 2 aromatic heterocycles. The van der Waals surface area contributed by atoms with Crippen molar-refractivity contribution < 1.29 is 22.4 Å². The average molecular weight is 442 g/mol. The third-order valence-corrected chi connectivity index (χ3v) is 5.00. The zero-order chi connectivity index (χ0) is 21.5. The number of anilines is 1. The number of aromatic nitrogens is 4. The zero-order valence-electron chi connectivity index (χ0n) is 15.5. The summed E-state index contributed by atoms with van der Waals surface area (Å²) in [5.41, 5.74) is 0.0518. The topological polar surface area (TPSA) is 64.7 Å². The molecule has 158 valence electrons. The van der Waals surface area contributed by atoms with Crippen molar-refractivity contribution in [3.63, 3.8) is 0 Å². The predicted octanol–water partition coefficient (Wildman–Crippen LogP) is 4.46. The van der Waals surface area contributed by atoms with Crippen molar-refractivity contribution in [1.29, 1.82) is 0 Å². The van der Waals surface area contributed by atoms with Crippen LogP contribution in [0.15, 0.2) is 36.5 Å². The molecule has 1 amide bonds. The number of carbonyl (C=O) groups is 1. The summed E-state index contributed by atoms with van der Waals surface area (Å²) in [6, 6.07) is 6.56. The predicted molar refractivity (Wildman–Crippen MR) is 101 cm³/mol. The van der Waals surface area contributed by atoms with Gasteiger partial charge in [-0.3, -0.25) is 14.2 Å². The lowest BCUT2D eigenvalue weighted by atomic mass is 10.2. The van der Waals surface area contributed by atoms with E-state index in [9.17, 15) is 22.4 Å². The average Bonchev–Trinajstić information content (AvgIpc) is 3.26. The fourth-order valence-electron chi connectivity index (χ4n) is 3.06. The molecule has 0 radical (unpaired) electrons. The van der Waals surface area contributed by atoms with Crippen molar-refractivity contribution in [3.05, 3.63) is 64.3 Å². The minimum Gasteiger partial charge on any atom is -0.308 e. The lowest BCUT2D eigenvalue weighted by Crippen LogP contribution is -2.21. The molecule has 4 rings (SSSR count). The largest absolute Gasteiger partial charge is 0.435 e. The Morgan fingerprint density at radius 3 is 2.63 bits per heavy atom. The number of benzene rings is 1. The van der Waals surface area contributed by atoms with Gasteiger partial charge in [0.2, 0.25) is 5.91 Å². The first-order valence-corrected chi connectivity index (χ1v) is 9.49. The minimum atomic E-state index is -4.56. The van der Waals surface area contributed by atoms with Gasteiger partial charge in [-0.25, -0.2) is 4.39 Å². The van der Waals surface area contributed by atoms with Crippen molar-refractivity contribution in [2.75, 3.05) is 5.32 Å². The van der Waals surface area contributed by atoms with E-state index in [4.69, 9.17) is 11.6 Å². The molecule has 1 fully saturated rings. The van der Waals surface area contributed by atoms with Gasteiger partial charge in [-0.05, 0) is 36.6 Å². The molecule has 0 aliphatic heterocycles. The molecule has 0 saturated heterocycles. The fourth-order valence-corrected chi connectivity index (χ4v) is 3.29. The Morgan fingerprint density at radius 2 is 1.97 bits per heavy atom. The molecular formula is C19H16ClF4N5O. The molecule has 1 aliphatic rings. The first-order valence-electron chi connectivity index (χ1n) is 9.11. The zero-order valence-corrected chi connectivity index (χ0v) is 16.2. The highest BCUT2D eigenvalue weighted by Gasteiger charge is 2.38. The van der Waals surface area contributed by atoms with Gasteiger partial charge >= 0.3 is 6.18 Å².